The summed E-state index contributed by atoms with van der Waals surface area (Å²) in [6.45, 7) is 11.5. The van der Waals surface area contributed by atoms with E-state index in [1.807, 2.05) is 23.7 Å². The molecule has 0 atom stereocenters. The van der Waals surface area contributed by atoms with Gasteiger partial charge in [-0.1, -0.05) is 13.8 Å². The molecule has 0 saturated carbocycles. The van der Waals surface area contributed by atoms with Crippen molar-refractivity contribution in [1.29, 1.82) is 0 Å². The second-order valence-corrected chi connectivity index (χ2v) is 10.7. The second kappa shape index (κ2) is 8.82. The predicted octanol–water partition coefficient (Wildman–Crippen LogP) is 2.74. The number of ether oxygens (including phenoxy) is 1. The van der Waals surface area contributed by atoms with Gasteiger partial charge >= 0.3 is 0 Å². The zero-order chi connectivity index (χ0) is 24.0. The van der Waals surface area contributed by atoms with Crippen molar-refractivity contribution in [2.24, 2.45) is 11.1 Å². The highest BCUT2D eigenvalue weighted by molar-refractivity contribution is 6.00. The molecule has 0 radical (unpaired) electrons. The van der Waals surface area contributed by atoms with Gasteiger partial charge in [-0.05, 0) is 49.8 Å². The summed E-state index contributed by atoms with van der Waals surface area (Å²) in [6.07, 6.45) is 3.41. The number of benzene rings is 1. The first-order valence-electron chi connectivity index (χ1n) is 12.4. The number of nitrogens with two attached hydrogens (primary N) is 1. The second-order valence-electron chi connectivity index (χ2n) is 10.7. The summed E-state index contributed by atoms with van der Waals surface area (Å²) in [6, 6.07) is 6.27. The van der Waals surface area contributed by atoms with Gasteiger partial charge in [-0.3, -0.25) is 14.5 Å². The van der Waals surface area contributed by atoms with Crippen molar-refractivity contribution in [3.63, 3.8) is 0 Å². The highest BCUT2D eigenvalue weighted by atomic mass is 16.5. The average molecular weight is 466 g/mol. The molecule has 1 amide bonds. The number of nitrogens with zero attached hydrogens (tertiary/aromatic N) is 4. The maximum Gasteiger partial charge on any atom is 0.250 e. The minimum atomic E-state index is -0.424. The van der Waals surface area contributed by atoms with Gasteiger partial charge in [0.05, 0.1) is 47.1 Å². The number of hydrogen-bond acceptors (Lipinski definition) is 6. The number of carbonyl (C=O) groups is 2. The number of carbonyl (C=O) groups excluding carboxylic acids is 2. The third kappa shape index (κ3) is 4.25. The van der Waals surface area contributed by atoms with E-state index in [0.29, 0.717) is 18.0 Å². The Balaban J connectivity index is 1.46. The molecule has 2 aromatic rings. The van der Waals surface area contributed by atoms with Crippen LogP contribution in [0.25, 0.3) is 5.69 Å². The zero-order valence-corrected chi connectivity index (χ0v) is 20.5. The number of piperidine rings is 1. The molecule has 2 saturated heterocycles. The maximum atomic E-state index is 12.9. The summed E-state index contributed by atoms with van der Waals surface area (Å²) in [4.78, 5) is 30.0. The van der Waals surface area contributed by atoms with Crippen LogP contribution in [0.15, 0.2) is 18.2 Å². The molecule has 1 aliphatic carbocycles. The number of rotatable bonds is 4. The number of anilines is 1. The number of hydrogen-bond donors (Lipinski definition) is 1. The number of aryl methyl sites for hydroxylation is 1. The Labute approximate surface area is 201 Å². The molecule has 2 N–H and O–H groups in total. The highest BCUT2D eigenvalue weighted by Crippen LogP contribution is 2.38. The van der Waals surface area contributed by atoms with Crippen LogP contribution < -0.4 is 10.6 Å². The predicted molar refractivity (Wildman–Crippen MR) is 131 cm³/mol. The van der Waals surface area contributed by atoms with Crippen molar-refractivity contribution in [3.05, 3.63) is 40.7 Å². The third-order valence-electron chi connectivity index (χ3n) is 7.58. The zero-order valence-electron chi connectivity index (χ0n) is 20.5. The number of aromatic nitrogens is 2. The molecule has 34 heavy (non-hydrogen) atoms. The van der Waals surface area contributed by atoms with Gasteiger partial charge in [0.2, 0.25) is 0 Å². The van der Waals surface area contributed by atoms with E-state index in [4.69, 9.17) is 15.6 Å². The lowest BCUT2D eigenvalue weighted by Crippen LogP contribution is -2.49. The molecule has 2 fully saturated rings. The molecular formula is C26H35N5O3. The first kappa shape index (κ1) is 23.1. The number of fused-ring (bicyclic) bond motifs is 1. The van der Waals surface area contributed by atoms with Crippen molar-refractivity contribution in [3.8, 4) is 5.69 Å². The Bertz CT molecular complexity index is 1110. The molecule has 0 spiro atoms. The number of morpholine rings is 1. The van der Waals surface area contributed by atoms with E-state index in [1.165, 1.54) is 0 Å². The van der Waals surface area contributed by atoms with Gasteiger partial charge in [0.25, 0.3) is 5.91 Å². The lowest BCUT2D eigenvalue weighted by Gasteiger charge is -2.41. The number of primary amides is 1. The number of Topliss-reactive ketones (excluding diaryl/α,β-unsaturated/α-hetero) is 1. The van der Waals surface area contributed by atoms with Crippen molar-refractivity contribution in [2.75, 3.05) is 44.3 Å². The summed E-state index contributed by atoms with van der Waals surface area (Å²) < 4.78 is 7.41. The van der Waals surface area contributed by atoms with E-state index in [0.717, 1.165) is 87.0 Å². The van der Waals surface area contributed by atoms with Crippen LogP contribution >= 0.6 is 0 Å². The molecule has 3 aliphatic rings. The quantitative estimate of drug-likeness (QED) is 0.746. The molecular weight excluding hydrogens is 430 g/mol. The van der Waals surface area contributed by atoms with Gasteiger partial charge in [0.15, 0.2) is 5.78 Å². The van der Waals surface area contributed by atoms with Gasteiger partial charge in [0.1, 0.15) is 0 Å². The van der Waals surface area contributed by atoms with Crippen LogP contribution in [0.3, 0.4) is 0 Å². The maximum absolute atomic E-state index is 12.9. The van der Waals surface area contributed by atoms with Gasteiger partial charge in [-0.2, -0.15) is 5.10 Å². The van der Waals surface area contributed by atoms with Crippen LogP contribution in [-0.4, -0.2) is 71.8 Å². The SMILES string of the molecule is Cc1nn(-c2ccc(C(N)=O)c(N3CCC(N4CCOCC4)CC3)c2)c2c1C(=O)CC(C)(C)C2. The summed E-state index contributed by atoms with van der Waals surface area (Å²) in [7, 11) is 0. The van der Waals surface area contributed by atoms with Crippen LogP contribution in [0.2, 0.25) is 0 Å². The third-order valence-corrected chi connectivity index (χ3v) is 7.58. The van der Waals surface area contributed by atoms with Gasteiger partial charge in [-0.25, -0.2) is 4.68 Å². The molecule has 182 valence electrons. The van der Waals surface area contributed by atoms with Crippen LogP contribution in [-0.2, 0) is 11.2 Å². The molecule has 2 aliphatic heterocycles. The summed E-state index contributed by atoms with van der Waals surface area (Å²) in [5.74, 6) is -0.263. The fourth-order valence-electron chi connectivity index (χ4n) is 5.89. The molecule has 8 nitrogen and oxygen atoms in total. The molecule has 3 heterocycles. The smallest absolute Gasteiger partial charge is 0.250 e. The van der Waals surface area contributed by atoms with E-state index in [9.17, 15) is 9.59 Å². The van der Waals surface area contributed by atoms with Crippen LogP contribution in [0.4, 0.5) is 5.69 Å². The Morgan fingerprint density at radius 2 is 1.82 bits per heavy atom. The molecule has 8 heteroatoms. The van der Waals surface area contributed by atoms with Crippen molar-refractivity contribution in [2.45, 2.75) is 52.5 Å². The van der Waals surface area contributed by atoms with Crippen LogP contribution in [0.1, 0.15) is 65.2 Å². The Morgan fingerprint density at radius 3 is 2.50 bits per heavy atom. The first-order valence-corrected chi connectivity index (χ1v) is 12.4. The normalized spacial score (nSPS) is 21.5. The molecule has 5 rings (SSSR count). The fraction of sp³-hybridized carbons (Fsp3) is 0.577. The summed E-state index contributed by atoms with van der Waals surface area (Å²) >= 11 is 0. The standard InChI is InChI=1S/C26H35N5O3/c1-17-24-22(15-26(2,3)16-23(24)32)31(28-17)19-4-5-20(25(27)33)21(14-19)30-8-6-18(7-9-30)29-10-12-34-13-11-29/h4-5,14,18H,6-13,15-16H2,1-3H3,(H2,27,33). The Kier molecular flexibility index (Phi) is 5.98. The van der Waals surface area contributed by atoms with Crippen molar-refractivity contribution in [1.82, 2.24) is 14.7 Å². The van der Waals surface area contributed by atoms with E-state index in [1.54, 1.807) is 6.07 Å². The topological polar surface area (TPSA) is 93.7 Å². The summed E-state index contributed by atoms with van der Waals surface area (Å²) in [5.41, 5.74) is 10.4. The molecule has 1 aromatic heterocycles. The van der Waals surface area contributed by atoms with Gasteiger partial charge in [-0.15, -0.1) is 0 Å². The van der Waals surface area contributed by atoms with Crippen molar-refractivity contribution >= 4 is 17.4 Å². The lowest BCUT2D eigenvalue weighted by molar-refractivity contribution is 0.0115. The van der Waals surface area contributed by atoms with E-state index < -0.39 is 5.91 Å². The van der Waals surface area contributed by atoms with Gasteiger partial charge in [0, 0.05) is 38.6 Å². The van der Waals surface area contributed by atoms with E-state index in [2.05, 4.69) is 23.6 Å². The van der Waals surface area contributed by atoms with Gasteiger partial charge < -0.3 is 15.4 Å². The summed E-state index contributed by atoms with van der Waals surface area (Å²) in [5, 5.41) is 4.76. The van der Waals surface area contributed by atoms with Crippen LogP contribution in [0.5, 0.6) is 0 Å². The average Bonchev–Trinajstić information content (AvgIpc) is 3.14. The van der Waals surface area contributed by atoms with E-state index in [-0.39, 0.29) is 11.2 Å². The monoisotopic (exact) mass is 465 g/mol. The minimum Gasteiger partial charge on any atom is -0.379 e. The van der Waals surface area contributed by atoms with Crippen molar-refractivity contribution < 1.29 is 14.3 Å². The fourth-order valence-corrected chi connectivity index (χ4v) is 5.89. The molecule has 0 unspecified atom stereocenters. The largest absolute Gasteiger partial charge is 0.379 e. The van der Waals surface area contributed by atoms with Crippen LogP contribution in [0, 0.1) is 12.3 Å². The molecule has 0 bridgehead atoms. The first-order chi connectivity index (χ1) is 16.2. The lowest BCUT2D eigenvalue weighted by atomic mass is 9.75. The molecule has 1 aromatic carbocycles. The number of amides is 1. The highest BCUT2D eigenvalue weighted by Gasteiger charge is 2.36. The Morgan fingerprint density at radius 1 is 1.12 bits per heavy atom. The number of ketones is 1. The van der Waals surface area contributed by atoms with E-state index >= 15 is 0 Å². The Hall–Kier alpha value is -2.71. The minimum absolute atomic E-state index is 0.105.